The zero-order chi connectivity index (χ0) is 19.9. The number of nitrogens with zero attached hydrogens (tertiary/aromatic N) is 1. The molecule has 1 saturated heterocycles. The number of piperidine rings is 1. The van der Waals surface area contributed by atoms with E-state index >= 15 is 0 Å². The summed E-state index contributed by atoms with van der Waals surface area (Å²) < 4.78 is 0. The zero-order valence-electron chi connectivity index (χ0n) is 16.8. The monoisotopic (exact) mass is 387 g/mol. The van der Waals surface area contributed by atoms with Crippen LogP contribution in [-0.4, -0.2) is 41.1 Å². The van der Waals surface area contributed by atoms with Gasteiger partial charge in [-0.1, -0.05) is 31.2 Å². The van der Waals surface area contributed by atoms with Gasteiger partial charge in [0, 0.05) is 25.7 Å². The first kappa shape index (κ1) is 20.6. The number of amides is 2. The van der Waals surface area contributed by atoms with Gasteiger partial charge < -0.3 is 15.7 Å². The highest BCUT2D eigenvalue weighted by molar-refractivity contribution is 5.74. The third-order valence-electron chi connectivity index (χ3n) is 6.03. The van der Waals surface area contributed by atoms with Crippen LogP contribution in [0.1, 0.15) is 56.6 Å². The van der Waals surface area contributed by atoms with Crippen molar-refractivity contribution < 1.29 is 14.7 Å². The van der Waals surface area contributed by atoms with E-state index < -0.39 is 5.97 Å². The molecule has 0 radical (unpaired) electrons. The van der Waals surface area contributed by atoms with Gasteiger partial charge in [-0.15, -0.1) is 0 Å². The van der Waals surface area contributed by atoms with Crippen molar-refractivity contribution in [3.63, 3.8) is 0 Å². The topological polar surface area (TPSA) is 81.7 Å². The number of carboxylic acids is 1. The molecule has 2 aliphatic rings. The van der Waals surface area contributed by atoms with Crippen LogP contribution in [0.4, 0.5) is 4.79 Å². The van der Waals surface area contributed by atoms with Crippen LogP contribution in [0.25, 0.3) is 0 Å². The SMILES string of the molecule is CC1CCCN(Cc2ccc(CNC(=O)NC3CCC(C(=O)O)CC3)cc2)C1. The molecule has 6 heteroatoms. The van der Waals surface area contributed by atoms with Crippen molar-refractivity contribution in [2.24, 2.45) is 11.8 Å². The summed E-state index contributed by atoms with van der Waals surface area (Å²) in [6.45, 7) is 6.18. The molecule has 1 aliphatic heterocycles. The summed E-state index contributed by atoms with van der Waals surface area (Å²) in [5.74, 6) is -0.191. The molecule has 3 N–H and O–H groups in total. The van der Waals surface area contributed by atoms with Crippen molar-refractivity contribution in [1.29, 1.82) is 0 Å². The Balaban J connectivity index is 1.37. The Bertz CT molecular complexity index is 653. The van der Waals surface area contributed by atoms with Gasteiger partial charge in [-0.05, 0) is 62.1 Å². The average molecular weight is 388 g/mol. The second-order valence-electron chi connectivity index (χ2n) is 8.51. The van der Waals surface area contributed by atoms with E-state index in [1.165, 1.54) is 31.5 Å². The Kier molecular flexibility index (Phi) is 7.31. The number of urea groups is 1. The minimum absolute atomic E-state index is 0.0740. The quantitative estimate of drug-likeness (QED) is 0.699. The fourth-order valence-corrected chi connectivity index (χ4v) is 4.35. The van der Waals surface area contributed by atoms with E-state index in [4.69, 9.17) is 5.11 Å². The first-order chi connectivity index (χ1) is 13.5. The van der Waals surface area contributed by atoms with Crippen LogP contribution in [-0.2, 0) is 17.9 Å². The normalized spacial score (nSPS) is 25.8. The summed E-state index contributed by atoms with van der Waals surface area (Å²) in [7, 11) is 0. The summed E-state index contributed by atoms with van der Waals surface area (Å²) >= 11 is 0. The highest BCUT2D eigenvalue weighted by Crippen LogP contribution is 2.24. The van der Waals surface area contributed by atoms with Crippen molar-refractivity contribution in [2.75, 3.05) is 13.1 Å². The number of carbonyl (C=O) groups is 2. The molecular weight excluding hydrogens is 354 g/mol. The number of hydrogen-bond donors (Lipinski definition) is 3. The summed E-state index contributed by atoms with van der Waals surface area (Å²) in [5, 5.41) is 14.9. The third kappa shape index (κ3) is 6.23. The van der Waals surface area contributed by atoms with E-state index in [1.807, 2.05) is 0 Å². The smallest absolute Gasteiger partial charge is 0.315 e. The van der Waals surface area contributed by atoms with E-state index in [2.05, 4.69) is 46.7 Å². The van der Waals surface area contributed by atoms with Crippen molar-refractivity contribution in [1.82, 2.24) is 15.5 Å². The zero-order valence-corrected chi connectivity index (χ0v) is 16.8. The second kappa shape index (κ2) is 9.92. The molecule has 2 fully saturated rings. The molecule has 1 atom stereocenters. The Labute approximate surface area is 167 Å². The third-order valence-corrected chi connectivity index (χ3v) is 6.03. The van der Waals surface area contributed by atoms with Crippen LogP contribution >= 0.6 is 0 Å². The van der Waals surface area contributed by atoms with Crippen LogP contribution in [0.2, 0.25) is 0 Å². The maximum atomic E-state index is 12.1. The van der Waals surface area contributed by atoms with E-state index in [-0.39, 0.29) is 18.0 Å². The van der Waals surface area contributed by atoms with Gasteiger partial charge in [0.25, 0.3) is 0 Å². The highest BCUT2D eigenvalue weighted by Gasteiger charge is 2.26. The fourth-order valence-electron chi connectivity index (χ4n) is 4.35. The Hall–Kier alpha value is -2.08. The van der Waals surface area contributed by atoms with E-state index in [9.17, 15) is 9.59 Å². The summed E-state index contributed by atoms with van der Waals surface area (Å²) in [5.41, 5.74) is 2.40. The Morgan fingerprint density at radius 3 is 2.39 bits per heavy atom. The van der Waals surface area contributed by atoms with Crippen molar-refractivity contribution in [3.8, 4) is 0 Å². The molecule has 3 rings (SSSR count). The lowest BCUT2D eigenvalue weighted by atomic mass is 9.86. The van der Waals surface area contributed by atoms with E-state index in [0.29, 0.717) is 19.4 Å². The predicted molar refractivity (Wildman–Crippen MR) is 109 cm³/mol. The molecule has 1 aromatic carbocycles. The molecular formula is C22H33N3O3. The number of nitrogens with one attached hydrogen (secondary N) is 2. The van der Waals surface area contributed by atoms with E-state index in [1.54, 1.807) is 0 Å². The number of benzene rings is 1. The summed E-state index contributed by atoms with van der Waals surface area (Å²) in [6.07, 6.45) is 5.36. The Morgan fingerprint density at radius 1 is 1.07 bits per heavy atom. The predicted octanol–water partition coefficient (Wildman–Crippen LogP) is 3.36. The molecule has 0 bridgehead atoms. The summed E-state index contributed by atoms with van der Waals surface area (Å²) in [6, 6.07) is 8.38. The van der Waals surface area contributed by atoms with Crippen LogP contribution in [0, 0.1) is 11.8 Å². The number of likely N-dealkylation sites (tertiary alicyclic amines) is 1. The lowest BCUT2D eigenvalue weighted by Gasteiger charge is -2.30. The molecule has 154 valence electrons. The van der Waals surface area contributed by atoms with Gasteiger partial charge >= 0.3 is 12.0 Å². The average Bonchev–Trinajstić information content (AvgIpc) is 2.68. The molecule has 6 nitrogen and oxygen atoms in total. The maximum absolute atomic E-state index is 12.1. The molecule has 1 unspecified atom stereocenters. The van der Waals surface area contributed by atoms with Gasteiger partial charge in [0.2, 0.25) is 0 Å². The molecule has 0 spiro atoms. The highest BCUT2D eigenvalue weighted by atomic mass is 16.4. The molecule has 1 aliphatic carbocycles. The minimum atomic E-state index is -0.721. The summed E-state index contributed by atoms with van der Waals surface area (Å²) in [4.78, 5) is 25.6. The molecule has 0 aromatic heterocycles. The first-order valence-electron chi connectivity index (χ1n) is 10.6. The van der Waals surface area contributed by atoms with Crippen LogP contribution < -0.4 is 10.6 Å². The van der Waals surface area contributed by atoms with Crippen molar-refractivity contribution in [2.45, 2.75) is 64.6 Å². The molecule has 1 saturated carbocycles. The van der Waals surface area contributed by atoms with Gasteiger partial charge in [-0.25, -0.2) is 4.79 Å². The number of hydrogen-bond acceptors (Lipinski definition) is 3. The standard InChI is InChI=1S/C22H33N3O3/c1-16-3-2-12-25(14-16)15-18-6-4-17(5-7-18)13-23-22(28)24-20-10-8-19(9-11-20)21(26)27/h4-7,16,19-20H,2-3,8-15H2,1H3,(H,26,27)(H2,23,24,28). The molecule has 2 amide bonds. The molecule has 28 heavy (non-hydrogen) atoms. The lowest BCUT2D eigenvalue weighted by molar-refractivity contribution is -0.142. The number of carboxylic acid groups (broad SMARTS) is 1. The van der Waals surface area contributed by atoms with Crippen LogP contribution in [0.3, 0.4) is 0 Å². The second-order valence-corrected chi connectivity index (χ2v) is 8.51. The minimum Gasteiger partial charge on any atom is -0.481 e. The van der Waals surface area contributed by atoms with Gasteiger partial charge in [0.1, 0.15) is 0 Å². The largest absolute Gasteiger partial charge is 0.481 e. The fraction of sp³-hybridized carbons (Fsp3) is 0.636. The molecule has 1 heterocycles. The first-order valence-corrected chi connectivity index (χ1v) is 10.6. The van der Waals surface area contributed by atoms with Crippen molar-refractivity contribution >= 4 is 12.0 Å². The number of rotatable bonds is 6. The van der Waals surface area contributed by atoms with Crippen molar-refractivity contribution in [3.05, 3.63) is 35.4 Å². The lowest BCUT2D eigenvalue weighted by Crippen LogP contribution is -2.43. The molecule has 1 aromatic rings. The maximum Gasteiger partial charge on any atom is 0.315 e. The van der Waals surface area contributed by atoms with Gasteiger partial charge in [0.15, 0.2) is 0 Å². The van der Waals surface area contributed by atoms with Gasteiger partial charge in [-0.2, -0.15) is 0 Å². The van der Waals surface area contributed by atoms with Crippen LogP contribution in [0.15, 0.2) is 24.3 Å². The van der Waals surface area contributed by atoms with E-state index in [0.717, 1.165) is 30.9 Å². The Morgan fingerprint density at radius 2 is 1.75 bits per heavy atom. The number of carbonyl (C=O) groups excluding carboxylic acids is 1. The van der Waals surface area contributed by atoms with Crippen LogP contribution in [0.5, 0.6) is 0 Å². The number of aliphatic carboxylic acids is 1. The van der Waals surface area contributed by atoms with Gasteiger partial charge in [0.05, 0.1) is 5.92 Å². The van der Waals surface area contributed by atoms with Gasteiger partial charge in [-0.3, -0.25) is 9.69 Å².